The zero-order valence-corrected chi connectivity index (χ0v) is 11.6. The Hall–Kier alpha value is -1.81. The highest BCUT2D eigenvalue weighted by Gasteiger charge is 2.13. The largest absolute Gasteiger partial charge is 1.00 e. The van der Waals surface area contributed by atoms with Gasteiger partial charge in [-0.25, -0.2) is 4.98 Å². The maximum absolute atomic E-state index is 11.9. The minimum atomic E-state index is -0.113. The standard InChI is InChI=1S/C13H10N3O.HI/c14-9-11-5-4-6-12(15-11)13(17)10-16-7-2-1-3-8-16;/h1-8H,10H2;1H/q+1;/p-1. The normalized spacial score (nSPS) is 9.06. The molecule has 2 rings (SSSR count). The van der Waals surface area contributed by atoms with Gasteiger partial charge in [0.1, 0.15) is 17.5 Å². The van der Waals surface area contributed by atoms with Gasteiger partial charge in [-0.05, 0) is 12.1 Å². The minimum absolute atomic E-state index is 0. The van der Waals surface area contributed by atoms with Gasteiger partial charge in [0.25, 0.3) is 0 Å². The van der Waals surface area contributed by atoms with Crippen molar-refractivity contribution in [3.8, 4) is 6.07 Å². The van der Waals surface area contributed by atoms with Crippen molar-refractivity contribution in [1.29, 1.82) is 5.26 Å². The molecule has 90 valence electrons. The molecule has 0 spiro atoms. The lowest BCUT2D eigenvalue weighted by atomic mass is 10.2. The molecule has 2 aromatic rings. The van der Waals surface area contributed by atoms with Crippen molar-refractivity contribution in [2.24, 2.45) is 0 Å². The third-order valence-corrected chi connectivity index (χ3v) is 2.25. The van der Waals surface area contributed by atoms with Crippen LogP contribution in [0.25, 0.3) is 0 Å². The summed E-state index contributed by atoms with van der Waals surface area (Å²) in [6.45, 7) is 0.225. The average molecular weight is 351 g/mol. The first-order chi connectivity index (χ1) is 8.29. The van der Waals surface area contributed by atoms with Gasteiger partial charge in [0.15, 0.2) is 12.4 Å². The highest BCUT2D eigenvalue weighted by Crippen LogP contribution is 1.99. The molecule has 18 heavy (non-hydrogen) atoms. The van der Waals surface area contributed by atoms with Gasteiger partial charge in [-0.1, -0.05) is 12.1 Å². The van der Waals surface area contributed by atoms with Crippen molar-refractivity contribution in [2.45, 2.75) is 6.54 Å². The van der Waals surface area contributed by atoms with Crippen molar-refractivity contribution in [3.05, 3.63) is 60.2 Å². The molecule has 0 N–H and O–H groups in total. The van der Waals surface area contributed by atoms with Crippen molar-refractivity contribution >= 4 is 5.78 Å². The maximum Gasteiger partial charge on any atom is 0.245 e. The fraction of sp³-hybridized carbons (Fsp3) is 0.0769. The topological polar surface area (TPSA) is 57.6 Å². The Kier molecular flexibility index (Phi) is 5.39. The second-order valence-corrected chi connectivity index (χ2v) is 3.49. The van der Waals surface area contributed by atoms with Crippen LogP contribution in [0.2, 0.25) is 0 Å². The van der Waals surface area contributed by atoms with E-state index in [9.17, 15) is 4.79 Å². The molecule has 2 heterocycles. The number of nitrogens with zero attached hydrogens (tertiary/aromatic N) is 3. The molecule has 0 bridgehead atoms. The summed E-state index contributed by atoms with van der Waals surface area (Å²) in [5.74, 6) is -0.113. The third kappa shape index (κ3) is 3.60. The van der Waals surface area contributed by atoms with Gasteiger partial charge in [0.05, 0.1) is 0 Å². The van der Waals surface area contributed by atoms with Crippen LogP contribution in [0.4, 0.5) is 0 Å². The van der Waals surface area contributed by atoms with Gasteiger partial charge in [-0.15, -0.1) is 0 Å². The number of hydrogen-bond acceptors (Lipinski definition) is 3. The first-order valence-electron chi connectivity index (χ1n) is 5.14. The molecule has 0 saturated carbocycles. The zero-order chi connectivity index (χ0) is 12.1. The summed E-state index contributed by atoms with van der Waals surface area (Å²) >= 11 is 0. The molecule has 0 amide bonds. The van der Waals surface area contributed by atoms with Gasteiger partial charge in [0.2, 0.25) is 12.3 Å². The number of carbonyl (C=O) groups is 1. The van der Waals surface area contributed by atoms with Crippen LogP contribution in [0.5, 0.6) is 0 Å². The third-order valence-electron chi connectivity index (χ3n) is 2.25. The Bertz CT molecular complexity index is 578. The van der Waals surface area contributed by atoms with Gasteiger partial charge >= 0.3 is 0 Å². The van der Waals surface area contributed by atoms with Crippen LogP contribution in [0, 0.1) is 11.3 Å². The lowest BCUT2D eigenvalue weighted by Crippen LogP contribution is -3.00. The number of nitriles is 1. The lowest BCUT2D eigenvalue weighted by molar-refractivity contribution is -0.683. The lowest BCUT2D eigenvalue weighted by Gasteiger charge is -1.97. The molecule has 0 saturated heterocycles. The first-order valence-corrected chi connectivity index (χ1v) is 5.14. The van der Waals surface area contributed by atoms with Crippen LogP contribution in [-0.2, 0) is 6.54 Å². The minimum Gasteiger partial charge on any atom is -1.00 e. The molecule has 4 nitrogen and oxygen atoms in total. The molecule has 0 atom stereocenters. The molecule has 0 radical (unpaired) electrons. The predicted octanol–water partition coefficient (Wildman–Crippen LogP) is -1.87. The fourth-order valence-corrected chi connectivity index (χ4v) is 1.44. The number of Topliss-reactive ketones (excluding diaryl/α,β-unsaturated/α-hetero) is 1. The molecular formula is C13H10IN3O. The molecule has 0 aromatic carbocycles. The summed E-state index contributed by atoms with van der Waals surface area (Å²) in [5, 5.41) is 8.70. The summed E-state index contributed by atoms with van der Waals surface area (Å²) < 4.78 is 1.77. The van der Waals surface area contributed by atoms with E-state index >= 15 is 0 Å². The number of halogens is 1. The number of pyridine rings is 2. The van der Waals surface area contributed by atoms with E-state index in [4.69, 9.17) is 5.26 Å². The van der Waals surface area contributed by atoms with E-state index in [-0.39, 0.29) is 42.0 Å². The molecular weight excluding hydrogens is 341 g/mol. The zero-order valence-electron chi connectivity index (χ0n) is 9.45. The van der Waals surface area contributed by atoms with Gasteiger partial charge in [0, 0.05) is 12.1 Å². The Morgan fingerprint density at radius 3 is 2.61 bits per heavy atom. The van der Waals surface area contributed by atoms with Crippen molar-refractivity contribution < 1.29 is 33.3 Å². The summed E-state index contributed by atoms with van der Waals surface area (Å²) in [4.78, 5) is 15.9. The fourth-order valence-electron chi connectivity index (χ4n) is 1.44. The number of rotatable bonds is 3. The molecule has 0 aliphatic carbocycles. The van der Waals surface area contributed by atoms with E-state index in [0.717, 1.165) is 0 Å². The van der Waals surface area contributed by atoms with Crippen LogP contribution >= 0.6 is 0 Å². The molecule has 2 aromatic heterocycles. The molecule has 0 fully saturated rings. The quantitative estimate of drug-likeness (QED) is 0.370. The Balaban J connectivity index is 0.00000162. The summed E-state index contributed by atoms with van der Waals surface area (Å²) in [5.41, 5.74) is 0.578. The Morgan fingerprint density at radius 1 is 1.22 bits per heavy atom. The van der Waals surface area contributed by atoms with Crippen LogP contribution in [0.3, 0.4) is 0 Å². The van der Waals surface area contributed by atoms with E-state index in [1.807, 2.05) is 36.7 Å². The van der Waals surface area contributed by atoms with E-state index in [1.54, 1.807) is 22.8 Å². The van der Waals surface area contributed by atoms with Gasteiger partial charge in [-0.2, -0.15) is 9.83 Å². The maximum atomic E-state index is 11.9. The van der Waals surface area contributed by atoms with Crippen LogP contribution < -0.4 is 28.5 Å². The number of aromatic nitrogens is 2. The monoisotopic (exact) mass is 351 g/mol. The Morgan fingerprint density at radius 2 is 1.94 bits per heavy atom. The Labute approximate surface area is 122 Å². The van der Waals surface area contributed by atoms with Gasteiger partial charge in [-0.3, -0.25) is 4.79 Å². The number of hydrogen-bond donors (Lipinski definition) is 0. The molecule has 0 unspecified atom stereocenters. The SMILES string of the molecule is N#Cc1cccc(C(=O)C[n+]2ccccc2)n1.[I-]. The van der Waals surface area contributed by atoms with Crippen LogP contribution in [-0.4, -0.2) is 10.8 Å². The highest BCUT2D eigenvalue weighted by atomic mass is 127. The van der Waals surface area contributed by atoms with Crippen molar-refractivity contribution in [3.63, 3.8) is 0 Å². The first kappa shape index (κ1) is 14.3. The molecule has 5 heteroatoms. The van der Waals surface area contributed by atoms with E-state index in [0.29, 0.717) is 5.69 Å². The van der Waals surface area contributed by atoms with Crippen molar-refractivity contribution in [2.75, 3.05) is 0 Å². The predicted molar refractivity (Wildman–Crippen MR) is 59.9 cm³/mol. The summed E-state index contributed by atoms with van der Waals surface area (Å²) in [7, 11) is 0. The summed E-state index contributed by atoms with van der Waals surface area (Å²) in [6, 6.07) is 12.4. The second-order valence-electron chi connectivity index (χ2n) is 3.49. The second kappa shape index (κ2) is 6.81. The number of carbonyl (C=O) groups excluding carboxylic acids is 1. The smallest absolute Gasteiger partial charge is 0.245 e. The number of ketones is 1. The average Bonchev–Trinajstić information content (AvgIpc) is 2.40. The molecule has 0 aliphatic heterocycles. The van der Waals surface area contributed by atoms with E-state index in [1.165, 1.54) is 0 Å². The van der Waals surface area contributed by atoms with Crippen LogP contribution in [0.1, 0.15) is 16.2 Å². The van der Waals surface area contributed by atoms with Crippen molar-refractivity contribution in [1.82, 2.24) is 4.98 Å². The molecule has 0 aliphatic rings. The van der Waals surface area contributed by atoms with Gasteiger partial charge < -0.3 is 24.0 Å². The summed E-state index contributed by atoms with van der Waals surface area (Å²) in [6.07, 6.45) is 3.62. The van der Waals surface area contributed by atoms with Crippen LogP contribution in [0.15, 0.2) is 48.8 Å². The van der Waals surface area contributed by atoms with E-state index < -0.39 is 0 Å². The highest BCUT2D eigenvalue weighted by molar-refractivity contribution is 5.93. The van der Waals surface area contributed by atoms with E-state index in [2.05, 4.69) is 4.98 Å².